The normalized spacial score (nSPS) is 12.2. The minimum atomic E-state index is -0.189. The topological polar surface area (TPSA) is 21.3 Å². The van der Waals surface area contributed by atoms with Gasteiger partial charge < -0.3 is 10.1 Å². The zero-order valence-electron chi connectivity index (χ0n) is 12.8. The number of ether oxygens (including phenoxy) is 1. The molecule has 0 fully saturated rings. The SMILES string of the molecule is CCNC(Cc1cc(F)ccc1C)c1ccccc1OC. The van der Waals surface area contributed by atoms with Crippen molar-refractivity contribution in [1.29, 1.82) is 0 Å². The van der Waals surface area contributed by atoms with Crippen LogP contribution in [-0.2, 0) is 6.42 Å². The predicted molar refractivity (Wildman–Crippen MR) is 84.3 cm³/mol. The largest absolute Gasteiger partial charge is 0.496 e. The molecule has 0 spiro atoms. The van der Waals surface area contributed by atoms with Crippen LogP contribution in [0.1, 0.15) is 29.7 Å². The molecule has 2 aromatic rings. The Morgan fingerprint density at radius 1 is 1.19 bits per heavy atom. The number of halogens is 1. The van der Waals surface area contributed by atoms with Crippen molar-refractivity contribution in [1.82, 2.24) is 5.32 Å². The summed E-state index contributed by atoms with van der Waals surface area (Å²) < 4.78 is 18.9. The zero-order valence-corrected chi connectivity index (χ0v) is 12.8. The number of hydrogen-bond donors (Lipinski definition) is 1. The lowest BCUT2D eigenvalue weighted by Gasteiger charge is -2.21. The van der Waals surface area contributed by atoms with Gasteiger partial charge in [0, 0.05) is 11.6 Å². The van der Waals surface area contributed by atoms with E-state index in [1.54, 1.807) is 13.2 Å². The highest BCUT2D eigenvalue weighted by Crippen LogP contribution is 2.28. The highest BCUT2D eigenvalue weighted by molar-refractivity contribution is 5.38. The van der Waals surface area contributed by atoms with Crippen LogP contribution in [0.2, 0.25) is 0 Å². The molecule has 2 aromatic carbocycles. The molecule has 21 heavy (non-hydrogen) atoms. The Morgan fingerprint density at radius 2 is 1.95 bits per heavy atom. The minimum Gasteiger partial charge on any atom is -0.496 e. The van der Waals surface area contributed by atoms with E-state index in [9.17, 15) is 4.39 Å². The Morgan fingerprint density at radius 3 is 2.67 bits per heavy atom. The molecule has 3 heteroatoms. The van der Waals surface area contributed by atoms with Crippen LogP contribution in [0.3, 0.4) is 0 Å². The second-order valence-corrected chi connectivity index (χ2v) is 5.13. The predicted octanol–water partition coefficient (Wildman–Crippen LogP) is 4.04. The fourth-order valence-corrected chi connectivity index (χ4v) is 2.57. The molecule has 1 unspecified atom stereocenters. The average molecular weight is 287 g/mol. The van der Waals surface area contributed by atoms with E-state index in [4.69, 9.17) is 4.74 Å². The van der Waals surface area contributed by atoms with Crippen molar-refractivity contribution in [2.24, 2.45) is 0 Å². The van der Waals surface area contributed by atoms with E-state index >= 15 is 0 Å². The molecule has 0 aliphatic carbocycles. The lowest BCUT2D eigenvalue weighted by atomic mass is 9.95. The molecule has 1 N–H and O–H groups in total. The smallest absolute Gasteiger partial charge is 0.123 e. The summed E-state index contributed by atoms with van der Waals surface area (Å²) in [7, 11) is 1.68. The van der Waals surface area contributed by atoms with E-state index in [-0.39, 0.29) is 11.9 Å². The fourth-order valence-electron chi connectivity index (χ4n) is 2.57. The van der Waals surface area contributed by atoms with Crippen LogP contribution >= 0.6 is 0 Å². The van der Waals surface area contributed by atoms with E-state index in [0.717, 1.165) is 35.4 Å². The second kappa shape index (κ2) is 7.23. The van der Waals surface area contributed by atoms with Gasteiger partial charge in [0.1, 0.15) is 11.6 Å². The summed E-state index contributed by atoms with van der Waals surface area (Å²) in [5.41, 5.74) is 3.23. The Labute approximate surface area is 126 Å². The molecule has 1 atom stereocenters. The van der Waals surface area contributed by atoms with Gasteiger partial charge in [-0.2, -0.15) is 0 Å². The maximum Gasteiger partial charge on any atom is 0.123 e. The molecule has 0 heterocycles. The first-order valence-corrected chi connectivity index (χ1v) is 7.27. The zero-order chi connectivity index (χ0) is 15.2. The molecule has 112 valence electrons. The number of para-hydroxylation sites is 1. The third-order valence-electron chi connectivity index (χ3n) is 3.70. The lowest BCUT2D eigenvalue weighted by Crippen LogP contribution is -2.23. The van der Waals surface area contributed by atoms with Crippen molar-refractivity contribution < 1.29 is 9.13 Å². The highest BCUT2D eigenvalue weighted by Gasteiger charge is 2.16. The molecule has 0 amide bonds. The number of nitrogens with one attached hydrogen (secondary N) is 1. The molecule has 0 aromatic heterocycles. The first-order valence-electron chi connectivity index (χ1n) is 7.27. The molecule has 0 aliphatic rings. The van der Waals surface area contributed by atoms with Crippen LogP contribution in [0.25, 0.3) is 0 Å². The number of likely N-dealkylation sites (N-methyl/N-ethyl adjacent to an activating group) is 1. The van der Waals surface area contributed by atoms with E-state index in [1.165, 1.54) is 6.07 Å². The monoisotopic (exact) mass is 287 g/mol. The standard InChI is InChI=1S/C18H22FNO/c1-4-20-17(16-7-5-6-8-18(16)21-3)12-14-11-15(19)10-9-13(14)2/h5-11,17,20H,4,12H2,1-3H3. The number of aryl methyl sites for hydroxylation is 1. The van der Waals surface area contributed by atoms with Crippen molar-refractivity contribution in [3.05, 3.63) is 65.0 Å². The van der Waals surface area contributed by atoms with Crippen LogP contribution < -0.4 is 10.1 Å². The summed E-state index contributed by atoms with van der Waals surface area (Å²) in [5.74, 6) is 0.670. The van der Waals surface area contributed by atoms with Crippen molar-refractivity contribution in [2.75, 3.05) is 13.7 Å². The van der Waals surface area contributed by atoms with Crippen molar-refractivity contribution in [3.63, 3.8) is 0 Å². The lowest BCUT2D eigenvalue weighted by molar-refractivity contribution is 0.399. The Bertz CT molecular complexity index is 598. The van der Waals surface area contributed by atoms with Crippen LogP contribution in [0, 0.1) is 12.7 Å². The average Bonchev–Trinajstić information content (AvgIpc) is 2.50. The van der Waals surface area contributed by atoms with Gasteiger partial charge in [-0.1, -0.05) is 31.2 Å². The molecule has 0 radical (unpaired) electrons. The Kier molecular flexibility index (Phi) is 5.34. The third-order valence-corrected chi connectivity index (χ3v) is 3.70. The van der Waals surface area contributed by atoms with Gasteiger partial charge in [0.05, 0.1) is 7.11 Å². The number of methoxy groups -OCH3 is 1. The molecule has 2 rings (SSSR count). The van der Waals surface area contributed by atoms with Gasteiger partial charge in [-0.3, -0.25) is 0 Å². The summed E-state index contributed by atoms with van der Waals surface area (Å²) >= 11 is 0. The molecule has 0 saturated heterocycles. The van der Waals surface area contributed by atoms with Gasteiger partial charge in [-0.25, -0.2) is 4.39 Å². The summed E-state index contributed by atoms with van der Waals surface area (Å²) in [5, 5.41) is 3.47. The highest BCUT2D eigenvalue weighted by atomic mass is 19.1. The van der Waals surface area contributed by atoms with Gasteiger partial charge in [-0.15, -0.1) is 0 Å². The van der Waals surface area contributed by atoms with E-state index in [2.05, 4.69) is 18.3 Å². The Hall–Kier alpha value is -1.87. The van der Waals surface area contributed by atoms with Crippen LogP contribution in [-0.4, -0.2) is 13.7 Å². The van der Waals surface area contributed by atoms with Gasteiger partial charge in [-0.05, 0) is 49.2 Å². The third kappa shape index (κ3) is 3.82. The quantitative estimate of drug-likeness (QED) is 0.866. The maximum absolute atomic E-state index is 13.5. The fraction of sp³-hybridized carbons (Fsp3) is 0.333. The first kappa shape index (κ1) is 15.5. The van der Waals surface area contributed by atoms with Crippen LogP contribution in [0.15, 0.2) is 42.5 Å². The summed E-state index contributed by atoms with van der Waals surface area (Å²) in [6.07, 6.45) is 0.734. The van der Waals surface area contributed by atoms with Gasteiger partial charge in [0.2, 0.25) is 0 Å². The number of benzene rings is 2. The Balaban J connectivity index is 2.33. The molecular weight excluding hydrogens is 265 g/mol. The number of rotatable bonds is 6. The molecule has 0 aliphatic heterocycles. The van der Waals surface area contributed by atoms with Crippen molar-refractivity contribution >= 4 is 0 Å². The second-order valence-electron chi connectivity index (χ2n) is 5.13. The van der Waals surface area contributed by atoms with Crippen LogP contribution in [0.5, 0.6) is 5.75 Å². The molecular formula is C18H22FNO. The van der Waals surface area contributed by atoms with Crippen molar-refractivity contribution in [2.45, 2.75) is 26.3 Å². The first-order chi connectivity index (χ1) is 10.2. The van der Waals surface area contributed by atoms with E-state index in [0.29, 0.717) is 0 Å². The van der Waals surface area contributed by atoms with Gasteiger partial charge in [0.15, 0.2) is 0 Å². The summed E-state index contributed by atoms with van der Waals surface area (Å²) in [4.78, 5) is 0. The number of hydrogen-bond acceptors (Lipinski definition) is 2. The summed E-state index contributed by atoms with van der Waals surface area (Å²) in [6, 6.07) is 13.0. The molecule has 0 saturated carbocycles. The maximum atomic E-state index is 13.5. The summed E-state index contributed by atoms with van der Waals surface area (Å²) in [6.45, 7) is 4.93. The van der Waals surface area contributed by atoms with E-state index in [1.807, 2.05) is 31.2 Å². The van der Waals surface area contributed by atoms with Gasteiger partial charge >= 0.3 is 0 Å². The molecule has 0 bridgehead atoms. The van der Waals surface area contributed by atoms with Gasteiger partial charge in [0.25, 0.3) is 0 Å². The van der Waals surface area contributed by atoms with Crippen LogP contribution in [0.4, 0.5) is 4.39 Å². The molecule has 2 nitrogen and oxygen atoms in total. The minimum absolute atomic E-state index is 0.103. The van der Waals surface area contributed by atoms with E-state index < -0.39 is 0 Å². The van der Waals surface area contributed by atoms with Crippen molar-refractivity contribution in [3.8, 4) is 5.75 Å².